The Balaban J connectivity index is 1.91. The van der Waals surface area contributed by atoms with Gasteiger partial charge in [0.2, 0.25) is 0 Å². The van der Waals surface area contributed by atoms with E-state index < -0.39 is 36.7 Å². The van der Waals surface area contributed by atoms with Gasteiger partial charge in [-0.1, -0.05) is 18.2 Å². The molecule has 0 aromatic heterocycles. The number of benzene rings is 2. The number of aliphatic carboxylic acids is 1. The van der Waals surface area contributed by atoms with Gasteiger partial charge in [0, 0.05) is 31.9 Å². The lowest BCUT2D eigenvalue weighted by Crippen LogP contribution is -2.39. The second kappa shape index (κ2) is 15.0. The van der Waals surface area contributed by atoms with Crippen LogP contribution in [0.5, 0.6) is 5.75 Å². The number of rotatable bonds is 15. The molecule has 1 atom stereocenters. The summed E-state index contributed by atoms with van der Waals surface area (Å²) in [4.78, 5) is 25.3. The fourth-order valence-corrected chi connectivity index (χ4v) is 3.26. The molecular weight excluding hydrogens is 500 g/mol. The molecule has 0 spiro atoms. The maximum Gasteiger partial charge on any atom is 0.411 e. The number of carboxylic acids is 1. The highest BCUT2D eigenvalue weighted by Crippen LogP contribution is 2.16. The van der Waals surface area contributed by atoms with E-state index in [1.807, 2.05) is 0 Å². The zero-order valence-corrected chi connectivity index (χ0v) is 20.3. The summed E-state index contributed by atoms with van der Waals surface area (Å²) in [6.45, 7) is 0.642. The fourth-order valence-electron chi connectivity index (χ4n) is 3.26. The highest BCUT2D eigenvalue weighted by Gasteiger charge is 2.27. The van der Waals surface area contributed by atoms with E-state index in [9.17, 15) is 32.3 Å². The molecule has 2 rings (SSSR count). The molecule has 0 fully saturated rings. The van der Waals surface area contributed by atoms with Gasteiger partial charge >= 0.3 is 18.2 Å². The largest absolute Gasteiger partial charge is 0.492 e. The molecule has 0 radical (unpaired) electrons. The minimum atomic E-state index is -4.44. The Bertz CT molecular complexity index is 988. The maximum atomic E-state index is 13.4. The van der Waals surface area contributed by atoms with Crippen LogP contribution in [0.2, 0.25) is 0 Å². The van der Waals surface area contributed by atoms with Gasteiger partial charge in [-0.3, -0.25) is 0 Å². The van der Waals surface area contributed by atoms with Crippen molar-refractivity contribution in [3.8, 4) is 5.75 Å². The molecule has 37 heavy (non-hydrogen) atoms. The number of nitrogens with one attached hydrogen (secondary N) is 1. The summed E-state index contributed by atoms with van der Waals surface area (Å²) in [7, 11) is 0. The number of urea groups is 1. The van der Waals surface area contributed by atoms with E-state index in [1.54, 1.807) is 31.2 Å². The zero-order valence-electron chi connectivity index (χ0n) is 20.3. The Labute approximate surface area is 212 Å². The van der Waals surface area contributed by atoms with Crippen molar-refractivity contribution in [3.63, 3.8) is 0 Å². The van der Waals surface area contributed by atoms with Crippen LogP contribution in [0.3, 0.4) is 0 Å². The van der Waals surface area contributed by atoms with Crippen molar-refractivity contribution in [2.24, 2.45) is 0 Å². The molecule has 0 aliphatic heterocycles. The van der Waals surface area contributed by atoms with Gasteiger partial charge in [-0.05, 0) is 49.2 Å². The van der Waals surface area contributed by atoms with Crippen molar-refractivity contribution in [1.82, 2.24) is 4.90 Å². The summed E-state index contributed by atoms with van der Waals surface area (Å²) in [6.07, 6.45) is -5.06. The topological polar surface area (TPSA) is 97.3 Å². The van der Waals surface area contributed by atoms with Gasteiger partial charge in [-0.15, -0.1) is 0 Å². The summed E-state index contributed by atoms with van der Waals surface area (Å²) in [5.74, 6) is -1.11. The Morgan fingerprint density at radius 2 is 1.81 bits per heavy atom. The third kappa shape index (κ3) is 11.9. The summed E-state index contributed by atoms with van der Waals surface area (Å²) in [5, 5.41) is 11.8. The summed E-state index contributed by atoms with van der Waals surface area (Å²) >= 11 is 0. The van der Waals surface area contributed by atoms with Crippen LogP contribution in [0, 0.1) is 5.82 Å². The van der Waals surface area contributed by atoms with E-state index >= 15 is 0 Å². The first-order valence-electron chi connectivity index (χ1n) is 11.6. The molecule has 0 saturated heterocycles. The first-order valence-corrected chi connectivity index (χ1v) is 11.6. The Hall–Kier alpha value is -3.38. The van der Waals surface area contributed by atoms with Gasteiger partial charge in [-0.25, -0.2) is 14.0 Å². The number of carbonyl (C=O) groups excluding carboxylic acids is 1. The molecule has 204 valence electrons. The lowest BCUT2D eigenvalue weighted by atomic mass is 10.1. The molecule has 8 nitrogen and oxygen atoms in total. The number of hydrogen-bond acceptors (Lipinski definition) is 5. The average molecular weight is 531 g/mol. The number of carboxylic acid groups (broad SMARTS) is 1. The van der Waals surface area contributed by atoms with E-state index in [-0.39, 0.29) is 51.4 Å². The number of amides is 2. The Morgan fingerprint density at radius 3 is 2.43 bits per heavy atom. The second-order valence-corrected chi connectivity index (χ2v) is 7.93. The third-order valence-corrected chi connectivity index (χ3v) is 4.96. The highest BCUT2D eigenvalue weighted by atomic mass is 19.4. The van der Waals surface area contributed by atoms with Crippen LogP contribution >= 0.6 is 0 Å². The lowest BCUT2D eigenvalue weighted by Gasteiger charge is -2.23. The molecule has 12 heteroatoms. The van der Waals surface area contributed by atoms with Crippen LogP contribution in [-0.2, 0) is 20.7 Å². The molecule has 1 unspecified atom stereocenters. The molecule has 0 heterocycles. The molecule has 2 aromatic carbocycles. The Kier molecular flexibility index (Phi) is 12.1. The van der Waals surface area contributed by atoms with Crippen LogP contribution in [0.1, 0.15) is 18.9 Å². The number of halogens is 4. The maximum absolute atomic E-state index is 13.4. The molecule has 0 bridgehead atoms. The van der Waals surface area contributed by atoms with Crippen LogP contribution < -0.4 is 10.1 Å². The minimum Gasteiger partial charge on any atom is -0.492 e. The quantitative estimate of drug-likeness (QED) is 0.255. The van der Waals surface area contributed by atoms with Crippen molar-refractivity contribution >= 4 is 17.7 Å². The average Bonchev–Trinajstić information content (AvgIpc) is 2.82. The van der Waals surface area contributed by atoms with Crippen LogP contribution in [-0.4, -0.2) is 73.8 Å². The summed E-state index contributed by atoms with van der Waals surface area (Å²) < 4.78 is 65.7. The highest BCUT2D eigenvalue weighted by molar-refractivity contribution is 5.89. The van der Waals surface area contributed by atoms with Crippen molar-refractivity contribution < 1.29 is 46.5 Å². The predicted octanol–water partition coefficient (Wildman–Crippen LogP) is 4.74. The van der Waals surface area contributed by atoms with E-state index in [4.69, 9.17) is 9.47 Å². The Morgan fingerprint density at radius 1 is 1.08 bits per heavy atom. The molecule has 0 saturated carbocycles. The van der Waals surface area contributed by atoms with Gasteiger partial charge < -0.3 is 29.5 Å². The molecule has 0 aliphatic rings. The third-order valence-electron chi connectivity index (χ3n) is 4.96. The van der Waals surface area contributed by atoms with E-state index in [1.165, 1.54) is 23.1 Å². The fraction of sp³-hybridized carbons (Fsp3) is 0.440. The number of alkyl halides is 3. The predicted molar refractivity (Wildman–Crippen MR) is 127 cm³/mol. The minimum absolute atomic E-state index is 0.0655. The van der Waals surface area contributed by atoms with E-state index in [0.29, 0.717) is 5.75 Å². The van der Waals surface area contributed by atoms with E-state index in [2.05, 4.69) is 10.1 Å². The standard InChI is InChI=1S/C25H30F4N2O6/c1-2-36-22(23(32)33)15-18-7-9-21(10-8-18)37-14-12-31(11-4-13-35-17-25(27,28)29)24(34)30-20-6-3-5-19(26)16-20/h3,5-10,16,22H,2,4,11-15,17H2,1H3,(H,30,34)(H,32,33). The van der Waals surface area contributed by atoms with Gasteiger partial charge in [0.05, 0.1) is 6.54 Å². The van der Waals surface area contributed by atoms with Crippen molar-refractivity contribution in [2.45, 2.75) is 32.0 Å². The number of ether oxygens (including phenoxy) is 3. The molecule has 0 aliphatic carbocycles. The SMILES string of the molecule is CCOC(Cc1ccc(OCCN(CCCOCC(F)(F)F)C(=O)Nc2cccc(F)c2)cc1)C(=O)O. The van der Waals surface area contributed by atoms with E-state index in [0.717, 1.165) is 11.6 Å². The van der Waals surface area contributed by atoms with Crippen molar-refractivity contribution in [2.75, 3.05) is 44.8 Å². The lowest BCUT2D eigenvalue weighted by molar-refractivity contribution is -0.174. The zero-order chi connectivity index (χ0) is 27.3. The van der Waals surface area contributed by atoms with Gasteiger partial charge in [-0.2, -0.15) is 13.2 Å². The summed E-state index contributed by atoms with van der Waals surface area (Å²) in [6, 6.07) is 11.4. The molecule has 2 amide bonds. The number of hydrogen-bond donors (Lipinski definition) is 2. The second-order valence-electron chi connectivity index (χ2n) is 7.93. The van der Waals surface area contributed by atoms with Gasteiger partial charge in [0.1, 0.15) is 24.8 Å². The number of nitrogens with zero attached hydrogens (tertiary/aromatic N) is 1. The molecule has 2 N–H and O–H groups in total. The molecular formula is C25H30F4N2O6. The number of anilines is 1. The van der Waals surface area contributed by atoms with Gasteiger partial charge in [0.15, 0.2) is 6.10 Å². The van der Waals surface area contributed by atoms with Crippen LogP contribution in [0.15, 0.2) is 48.5 Å². The monoisotopic (exact) mass is 530 g/mol. The molecule has 2 aromatic rings. The van der Waals surface area contributed by atoms with Crippen molar-refractivity contribution in [1.29, 1.82) is 0 Å². The smallest absolute Gasteiger partial charge is 0.411 e. The van der Waals surface area contributed by atoms with Crippen molar-refractivity contribution in [3.05, 3.63) is 59.9 Å². The number of carbonyl (C=O) groups is 2. The summed E-state index contributed by atoms with van der Waals surface area (Å²) in [5.41, 5.74) is 0.967. The van der Waals surface area contributed by atoms with Gasteiger partial charge in [0.25, 0.3) is 0 Å². The normalized spacial score (nSPS) is 12.1. The van der Waals surface area contributed by atoms with Crippen LogP contribution in [0.4, 0.5) is 28.0 Å². The first kappa shape index (κ1) is 29.8. The van der Waals surface area contributed by atoms with Crippen LogP contribution in [0.25, 0.3) is 0 Å². The first-order chi connectivity index (χ1) is 17.6.